The maximum atomic E-state index is 2.42. The van der Waals surface area contributed by atoms with Crippen LogP contribution >= 0.6 is 22.7 Å². The molecule has 0 aliphatic heterocycles. The normalized spacial score (nSPS) is 11.9. The zero-order valence-corrected chi connectivity index (χ0v) is 26.5. The highest BCUT2D eigenvalue weighted by atomic mass is 32.1. The molecular weight excluding hydrogens is 593 g/mol. The molecular formula is C44H26S2. The topological polar surface area (TPSA) is 0 Å². The fourth-order valence-corrected chi connectivity index (χ4v) is 9.86. The molecule has 214 valence electrons. The summed E-state index contributed by atoms with van der Waals surface area (Å²) in [4.78, 5) is 0. The van der Waals surface area contributed by atoms with E-state index in [0.29, 0.717) is 0 Å². The highest BCUT2D eigenvalue weighted by Crippen LogP contribution is 2.47. The first kappa shape index (κ1) is 26.0. The molecule has 0 unspecified atom stereocenters. The summed E-state index contributed by atoms with van der Waals surface area (Å²) in [6, 6.07) is 58.2. The van der Waals surface area contributed by atoms with Crippen molar-refractivity contribution in [2.75, 3.05) is 0 Å². The highest BCUT2D eigenvalue weighted by molar-refractivity contribution is 7.29. The lowest BCUT2D eigenvalue weighted by atomic mass is 9.85. The molecule has 10 aromatic rings. The third kappa shape index (κ3) is 3.84. The molecule has 2 heterocycles. The summed E-state index contributed by atoms with van der Waals surface area (Å²) in [5, 5.41) is 10.6. The van der Waals surface area contributed by atoms with Gasteiger partial charge in [0.05, 0.1) is 0 Å². The first-order valence-electron chi connectivity index (χ1n) is 15.7. The van der Waals surface area contributed by atoms with Gasteiger partial charge in [-0.15, -0.1) is 22.7 Å². The van der Waals surface area contributed by atoms with Crippen LogP contribution in [0, 0.1) is 0 Å². The van der Waals surface area contributed by atoms with Crippen molar-refractivity contribution in [1.29, 1.82) is 0 Å². The van der Waals surface area contributed by atoms with Crippen molar-refractivity contribution in [2.45, 2.75) is 0 Å². The average molecular weight is 619 g/mol. The van der Waals surface area contributed by atoms with Gasteiger partial charge in [0.15, 0.2) is 0 Å². The van der Waals surface area contributed by atoms with E-state index in [1.807, 2.05) is 22.7 Å². The monoisotopic (exact) mass is 618 g/mol. The Morgan fingerprint density at radius 2 is 0.826 bits per heavy atom. The molecule has 8 aromatic carbocycles. The summed E-state index contributed by atoms with van der Waals surface area (Å²) >= 11 is 3.82. The molecule has 46 heavy (non-hydrogen) atoms. The largest absolute Gasteiger partial charge is 0.135 e. The van der Waals surface area contributed by atoms with Gasteiger partial charge in [-0.05, 0) is 85.3 Å². The van der Waals surface area contributed by atoms with Crippen LogP contribution in [0.15, 0.2) is 158 Å². The summed E-state index contributed by atoms with van der Waals surface area (Å²) in [7, 11) is 0. The molecule has 10 rings (SSSR count). The number of benzene rings is 8. The Morgan fingerprint density at radius 1 is 0.283 bits per heavy atom. The van der Waals surface area contributed by atoms with Crippen LogP contribution in [-0.4, -0.2) is 0 Å². The van der Waals surface area contributed by atoms with E-state index < -0.39 is 0 Å². The predicted molar refractivity (Wildman–Crippen MR) is 204 cm³/mol. The summed E-state index contributed by atoms with van der Waals surface area (Å²) < 4.78 is 5.45. The second kappa shape index (κ2) is 10.1. The maximum Gasteiger partial charge on any atom is 0.0448 e. The third-order valence-corrected chi connectivity index (χ3v) is 11.8. The summed E-state index contributed by atoms with van der Waals surface area (Å²) in [5.41, 5.74) is 7.57. The van der Waals surface area contributed by atoms with E-state index in [9.17, 15) is 0 Å². The van der Waals surface area contributed by atoms with Crippen LogP contribution in [0.25, 0.3) is 95.3 Å². The molecule has 0 fully saturated rings. The Hall–Kier alpha value is -5.28. The van der Waals surface area contributed by atoms with E-state index in [-0.39, 0.29) is 0 Å². The Bertz CT molecular complexity index is 2740. The van der Waals surface area contributed by atoms with Gasteiger partial charge < -0.3 is 0 Å². The standard InChI is InChI=1S/C44H26S2/c1-2-11-27(12-3-1)41-32-16-4-6-18-34(32)42(35-19-7-5-17-33(35)41)30-14-10-13-28(25-30)29-21-23-39-37(26-29)43-40(45-39)24-22-36-31-15-8-9-20-38(31)46-44(36)43/h1-26H. The Morgan fingerprint density at radius 3 is 1.57 bits per heavy atom. The first-order valence-corrected chi connectivity index (χ1v) is 17.3. The molecule has 0 aliphatic carbocycles. The highest BCUT2D eigenvalue weighted by Gasteiger charge is 2.18. The SMILES string of the molecule is c1ccc(-c2c3ccccc3c(-c3cccc(-c4ccc5sc6ccc7c8ccccc8sc7c6c5c4)c3)c3ccccc23)cc1. The molecule has 0 amide bonds. The van der Waals surface area contributed by atoms with Gasteiger partial charge in [0.2, 0.25) is 0 Å². The minimum absolute atomic E-state index is 1.24. The van der Waals surface area contributed by atoms with E-state index in [1.165, 1.54) is 95.3 Å². The van der Waals surface area contributed by atoms with Gasteiger partial charge in [-0.3, -0.25) is 0 Å². The van der Waals surface area contributed by atoms with Crippen molar-refractivity contribution < 1.29 is 0 Å². The molecule has 0 atom stereocenters. The van der Waals surface area contributed by atoms with Crippen LogP contribution in [-0.2, 0) is 0 Å². The van der Waals surface area contributed by atoms with E-state index in [0.717, 1.165) is 0 Å². The van der Waals surface area contributed by atoms with Crippen molar-refractivity contribution in [3.05, 3.63) is 158 Å². The van der Waals surface area contributed by atoms with Gasteiger partial charge in [-0.25, -0.2) is 0 Å². The van der Waals surface area contributed by atoms with Gasteiger partial charge in [-0.2, -0.15) is 0 Å². The lowest BCUT2D eigenvalue weighted by Gasteiger charge is -2.18. The van der Waals surface area contributed by atoms with Crippen LogP contribution < -0.4 is 0 Å². The maximum absolute atomic E-state index is 2.42. The zero-order valence-electron chi connectivity index (χ0n) is 24.8. The first-order chi connectivity index (χ1) is 22.8. The van der Waals surface area contributed by atoms with Gasteiger partial charge in [0.25, 0.3) is 0 Å². The number of fused-ring (bicyclic) bond motifs is 9. The van der Waals surface area contributed by atoms with Crippen molar-refractivity contribution in [3.8, 4) is 33.4 Å². The Labute approximate surface area is 274 Å². The van der Waals surface area contributed by atoms with Gasteiger partial charge in [0, 0.05) is 40.3 Å². The fourth-order valence-electron chi connectivity index (χ4n) is 7.43. The van der Waals surface area contributed by atoms with Crippen LogP contribution in [0.1, 0.15) is 0 Å². The molecule has 0 spiro atoms. The molecule has 0 aliphatic rings. The lowest BCUT2D eigenvalue weighted by Crippen LogP contribution is -1.91. The number of rotatable bonds is 3. The molecule has 2 aromatic heterocycles. The quantitative estimate of drug-likeness (QED) is 0.173. The summed E-state index contributed by atoms with van der Waals surface area (Å²) in [6.07, 6.45) is 0. The molecule has 0 radical (unpaired) electrons. The minimum Gasteiger partial charge on any atom is -0.135 e. The Kier molecular flexibility index (Phi) is 5.72. The molecule has 0 N–H and O–H groups in total. The van der Waals surface area contributed by atoms with E-state index in [2.05, 4.69) is 158 Å². The van der Waals surface area contributed by atoms with E-state index in [4.69, 9.17) is 0 Å². The molecule has 0 nitrogen and oxygen atoms in total. The van der Waals surface area contributed by atoms with Crippen LogP contribution in [0.3, 0.4) is 0 Å². The lowest BCUT2D eigenvalue weighted by molar-refractivity contribution is 1.63. The molecule has 0 saturated carbocycles. The average Bonchev–Trinajstić information content (AvgIpc) is 3.69. The van der Waals surface area contributed by atoms with Crippen LogP contribution in [0.2, 0.25) is 0 Å². The minimum atomic E-state index is 1.24. The fraction of sp³-hybridized carbons (Fsp3) is 0. The second-order valence-corrected chi connectivity index (χ2v) is 14.2. The molecule has 2 heteroatoms. The van der Waals surface area contributed by atoms with Gasteiger partial charge in [0.1, 0.15) is 0 Å². The summed E-state index contributed by atoms with van der Waals surface area (Å²) in [6.45, 7) is 0. The third-order valence-electron chi connectivity index (χ3n) is 9.46. The smallest absolute Gasteiger partial charge is 0.0448 e. The van der Waals surface area contributed by atoms with Crippen molar-refractivity contribution >= 4 is 84.6 Å². The van der Waals surface area contributed by atoms with Crippen LogP contribution in [0.4, 0.5) is 0 Å². The molecule has 0 bridgehead atoms. The number of hydrogen-bond donors (Lipinski definition) is 0. The van der Waals surface area contributed by atoms with Crippen molar-refractivity contribution in [3.63, 3.8) is 0 Å². The van der Waals surface area contributed by atoms with Gasteiger partial charge >= 0.3 is 0 Å². The predicted octanol–water partition coefficient (Wildman–Crippen LogP) is 13.7. The number of thiophene rings is 2. The Balaban J connectivity index is 1.20. The zero-order chi connectivity index (χ0) is 30.2. The summed E-state index contributed by atoms with van der Waals surface area (Å²) in [5.74, 6) is 0. The van der Waals surface area contributed by atoms with Crippen LogP contribution in [0.5, 0.6) is 0 Å². The van der Waals surface area contributed by atoms with E-state index >= 15 is 0 Å². The number of hydrogen-bond acceptors (Lipinski definition) is 2. The molecule has 0 saturated heterocycles. The van der Waals surface area contributed by atoms with E-state index in [1.54, 1.807) is 0 Å². The van der Waals surface area contributed by atoms with Gasteiger partial charge in [-0.1, -0.05) is 127 Å². The van der Waals surface area contributed by atoms with Crippen molar-refractivity contribution in [2.24, 2.45) is 0 Å². The second-order valence-electron chi connectivity index (χ2n) is 12.0. The van der Waals surface area contributed by atoms with Crippen molar-refractivity contribution in [1.82, 2.24) is 0 Å².